The summed E-state index contributed by atoms with van der Waals surface area (Å²) in [6.45, 7) is 0.649. The zero-order valence-electron chi connectivity index (χ0n) is 9.66. The highest BCUT2D eigenvalue weighted by Gasteiger charge is 2.21. The topological polar surface area (TPSA) is 98.3 Å². The first kappa shape index (κ1) is 13.5. The molecule has 1 atom stereocenters. The first-order valence-corrected chi connectivity index (χ1v) is 5.86. The van der Waals surface area contributed by atoms with E-state index in [2.05, 4.69) is 10.6 Å². The highest BCUT2D eigenvalue weighted by atomic mass is 16.4. The summed E-state index contributed by atoms with van der Waals surface area (Å²) in [5.41, 5.74) is 0. The van der Waals surface area contributed by atoms with Crippen LogP contribution in [-0.4, -0.2) is 30.4 Å². The van der Waals surface area contributed by atoms with Gasteiger partial charge in [0.05, 0.1) is 0 Å². The number of rotatable bonds is 5. The lowest BCUT2D eigenvalue weighted by Gasteiger charge is -2.15. The first-order chi connectivity index (χ1) is 8.09. The lowest BCUT2D eigenvalue weighted by atomic mass is 10.1. The molecule has 1 fully saturated rings. The number of nitrogens with one attached hydrogen (secondary N) is 2. The van der Waals surface area contributed by atoms with Gasteiger partial charge in [-0.2, -0.15) is 0 Å². The van der Waals surface area contributed by atoms with Crippen molar-refractivity contribution in [2.45, 2.75) is 44.6 Å². The summed E-state index contributed by atoms with van der Waals surface area (Å²) in [6, 6.07) is -0.479. The molecule has 0 bridgehead atoms. The molecule has 17 heavy (non-hydrogen) atoms. The van der Waals surface area contributed by atoms with Gasteiger partial charge in [-0.15, -0.1) is 0 Å². The van der Waals surface area contributed by atoms with Gasteiger partial charge in [0.15, 0.2) is 0 Å². The zero-order valence-corrected chi connectivity index (χ0v) is 9.66. The highest BCUT2D eigenvalue weighted by Crippen LogP contribution is 2.06. The Balaban J connectivity index is 2.28. The zero-order chi connectivity index (χ0) is 12.7. The van der Waals surface area contributed by atoms with Crippen molar-refractivity contribution in [3.63, 3.8) is 0 Å². The van der Waals surface area contributed by atoms with Crippen LogP contribution in [0.25, 0.3) is 0 Å². The fraction of sp³-hybridized carbons (Fsp3) is 0.727. The number of amides is 2. The van der Waals surface area contributed by atoms with Gasteiger partial charge in [-0.3, -0.25) is 9.59 Å². The van der Waals surface area contributed by atoms with Crippen molar-refractivity contribution < 1.29 is 19.5 Å². The van der Waals surface area contributed by atoms with Crippen molar-refractivity contribution in [3.05, 3.63) is 0 Å². The van der Waals surface area contributed by atoms with E-state index in [-0.39, 0.29) is 31.1 Å². The Labute approximate surface area is 99.8 Å². The van der Waals surface area contributed by atoms with Gasteiger partial charge in [-0.1, -0.05) is 0 Å². The minimum Gasteiger partial charge on any atom is -0.550 e. The van der Waals surface area contributed by atoms with Crippen molar-refractivity contribution in [1.29, 1.82) is 0 Å². The van der Waals surface area contributed by atoms with Crippen LogP contribution in [-0.2, 0) is 14.4 Å². The standard InChI is InChI=1S/C11H18N2O4/c14-9(5-3-6-10(15)16)13-8-4-1-2-7-12-11(8)17/h8H,1-7H2,(H,12,17)(H,13,14)(H,15,16)/p-1/t8-/m0/s1. The molecule has 0 saturated carbocycles. The Morgan fingerprint density at radius 2 is 2.12 bits per heavy atom. The van der Waals surface area contributed by atoms with Gasteiger partial charge in [0, 0.05) is 18.9 Å². The molecule has 0 aromatic rings. The number of carboxylic acid groups (broad SMARTS) is 1. The van der Waals surface area contributed by atoms with Crippen LogP contribution in [0.4, 0.5) is 0 Å². The fourth-order valence-electron chi connectivity index (χ4n) is 1.74. The number of hydrogen-bond acceptors (Lipinski definition) is 4. The molecule has 2 amide bonds. The molecular formula is C11H17N2O4-. The summed E-state index contributed by atoms with van der Waals surface area (Å²) < 4.78 is 0. The SMILES string of the molecule is O=C([O-])CCCC(=O)N[C@H]1CCCCNC1=O. The molecule has 6 nitrogen and oxygen atoms in total. The Kier molecular flexibility index (Phi) is 5.45. The van der Waals surface area contributed by atoms with Crippen molar-refractivity contribution in [2.24, 2.45) is 0 Å². The van der Waals surface area contributed by atoms with Gasteiger partial charge >= 0.3 is 0 Å². The molecule has 96 valence electrons. The van der Waals surface area contributed by atoms with Crippen LogP contribution in [0.5, 0.6) is 0 Å². The minimum atomic E-state index is -1.16. The molecule has 1 heterocycles. The monoisotopic (exact) mass is 241 g/mol. The normalized spacial score (nSPS) is 20.2. The quantitative estimate of drug-likeness (QED) is 0.624. The maximum absolute atomic E-state index is 11.5. The maximum atomic E-state index is 11.5. The second kappa shape index (κ2) is 6.88. The molecule has 1 saturated heterocycles. The number of carboxylic acids is 1. The van der Waals surface area contributed by atoms with E-state index in [0.717, 1.165) is 12.8 Å². The van der Waals surface area contributed by atoms with Gasteiger partial charge in [0.25, 0.3) is 0 Å². The summed E-state index contributed by atoms with van der Waals surface area (Å²) in [5.74, 6) is -1.60. The molecule has 1 aliphatic heterocycles. The van der Waals surface area contributed by atoms with E-state index in [0.29, 0.717) is 13.0 Å². The van der Waals surface area contributed by atoms with E-state index in [1.165, 1.54) is 0 Å². The number of hydrogen-bond donors (Lipinski definition) is 2. The summed E-state index contributed by atoms with van der Waals surface area (Å²) >= 11 is 0. The smallest absolute Gasteiger partial charge is 0.242 e. The van der Waals surface area contributed by atoms with Crippen LogP contribution >= 0.6 is 0 Å². The Morgan fingerprint density at radius 3 is 2.82 bits per heavy atom. The van der Waals surface area contributed by atoms with Crippen molar-refractivity contribution in [2.75, 3.05) is 6.54 Å². The van der Waals surface area contributed by atoms with E-state index in [9.17, 15) is 19.5 Å². The highest BCUT2D eigenvalue weighted by molar-refractivity contribution is 5.87. The van der Waals surface area contributed by atoms with Crippen LogP contribution in [0, 0.1) is 0 Å². The van der Waals surface area contributed by atoms with Crippen LogP contribution in [0.15, 0.2) is 0 Å². The van der Waals surface area contributed by atoms with Crippen molar-refractivity contribution >= 4 is 17.8 Å². The number of aliphatic carboxylic acids is 1. The lowest BCUT2D eigenvalue weighted by Crippen LogP contribution is -2.45. The molecule has 1 rings (SSSR count). The van der Waals surface area contributed by atoms with Gasteiger partial charge < -0.3 is 20.5 Å². The van der Waals surface area contributed by atoms with E-state index < -0.39 is 12.0 Å². The van der Waals surface area contributed by atoms with Crippen molar-refractivity contribution in [3.8, 4) is 0 Å². The summed E-state index contributed by atoms with van der Waals surface area (Å²) in [4.78, 5) is 33.1. The van der Waals surface area contributed by atoms with E-state index in [4.69, 9.17) is 0 Å². The van der Waals surface area contributed by atoms with E-state index >= 15 is 0 Å². The average molecular weight is 241 g/mol. The maximum Gasteiger partial charge on any atom is 0.242 e. The second-order valence-corrected chi connectivity index (χ2v) is 4.13. The predicted octanol–water partition coefficient (Wildman–Crippen LogP) is -1.31. The van der Waals surface area contributed by atoms with Gasteiger partial charge in [0.2, 0.25) is 11.8 Å². The summed E-state index contributed by atoms with van der Waals surface area (Å²) in [5, 5.41) is 15.5. The predicted molar refractivity (Wildman–Crippen MR) is 57.6 cm³/mol. The Morgan fingerprint density at radius 1 is 1.35 bits per heavy atom. The molecular weight excluding hydrogens is 224 g/mol. The first-order valence-electron chi connectivity index (χ1n) is 5.86. The van der Waals surface area contributed by atoms with Crippen LogP contribution in [0.3, 0.4) is 0 Å². The molecule has 0 aromatic carbocycles. The Bertz CT molecular complexity index is 304. The van der Waals surface area contributed by atoms with Gasteiger partial charge in [-0.25, -0.2) is 0 Å². The third kappa shape index (κ3) is 5.33. The van der Waals surface area contributed by atoms with E-state index in [1.807, 2.05) is 0 Å². The van der Waals surface area contributed by atoms with Gasteiger partial charge in [0.1, 0.15) is 6.04 Å². The third-order valence-corrected chi connectivity index (χ3v) is 2.66. The largest absolute Gasteiger partial charge is 0.550 e. The fourth-order valence-corrected chi connectivity index (χ4v) is 1.74. The molecule has 0 unspecified atom stereocenters. The third-order valence-electron chi connectivity index (χ3n) is 2.66. The van der Waals surface area contributed by atoms with Crippen LogP contribution < -0.4 is 15.7 Å². The molecule has 6 heteroatoms. The molecule has 0 aliphatic carbocycles. The van der Waals surface area contributed by atoms with Crippen LogP contribution in [0.2, 0.25) is 0 Å². The molecule has 0 spiro atoms. The lowest BCUT2D eigenvalue weighted by molar-refractivity contribution is -0.305. The molecule has 1 aliphatic rings. The summed E-state index contributed by atoms with van der Waals surface area (Å²) in [6.07, 6.45) is 2.66. The van der Waals surface area contributed by atoms with Gasteiger partial charge in [-0.05, 0) is 32.1 Å². The van der Waals surface area contributed by atoms with E-state index in [1.54, 1.807) is 0 Å². The number of carbonyl (C=O) groups is 3. The minimum absolute atomic E-state index is 0.109. The number of carbonyl (C=O) groups excluding carboxylic acids is 3. The summed E-state index contributed by atoms with van der Waals surface area (Å²) in [7, 11) is 0. The average Bonchev–Trinajstić information content (AvgIpc) is 2.44. The molecule has 0 radical (unpaired) electrons. The van der Waals surface area contributed by atoms with Crippen LogP contribution in [0.1, 0.15) is 38.5 Å². The molecule has 2 N–H and O–H groups in total. The Hall–Kier alpha value is -1.59. The second-order valence-electron chi connectivity index (χ2n) is 4.13. The van der Waals surface area contributed by atoms with Crippen molar-refractivity contribution in [1.82, 2.24) is 10.6 Å². The molecule has 0 aromatic heterocycles.